The summed E-state index contributed by atoms with van der Waals surface area (Å²) in [4.78, 5) is 23.4. The first kappa shape index (κ1) is 15.3. The molecule has 1 amide bonds. The molecule has 0 atom stereocenters. The Morgan fingerprint density at radius 2 is 1.90 bits per heavy atom. The van der Waals surface area contributed by atoms with E-state index in [1.807, 2.05) is 12.1 Å². The van der Waals surface area contributed by atoms with Gasteiger partial charge in [0.05, 0.1) is 5.69 Å². The van der Waals surface area contributed by atoms with E-state index in [1.54, 1.807) is 36.4 Å². The SMILES string of the molecule is CC(=O)c1ccccc1NC(=O)COc1cccc(Br)c1. The molecule has 0 saturated carbocycles. The van der Waals surface area contributed by atoms with Crippen LogP contribution in [-0.4, -0.2) is 18.3 Å². The van der Waals surface area contributed by atoms with Crippen molar-refractivity contribution >= 4 is 33.3 Å². The molecule has 4 nitrogen and oxygen atoms in total. The van der Waals surface area contributed by atoms with Crippen LogP contribution in [0, 0.1) is 0 Å². The summed E-state index contributed by atoms with van der Waals surface area (Å²) in [5.74, 6) is 0.182. The van der Waals surface area contributed by atoms with Gasteiger partial charge in [-0.25, -0.2) is 0 Å². The maximum absolute atomic E-state index is 11.9. The van der Waals surface area contributed by atoms with E-state index in [-0.39, 0.29) is 18.3 Å². The second-order valence-corrected chi connectivity index (χ2v) is 5.31. The number of hydrogen-bond donors (Lipinski definition) is 1. The molecule has 0 bridgehead atoms. The Hall–Kier alpha value is -2.14. The number of benzene rings is 2. The molecular weight excluding hydrogens is 334 g/mol. The zero-order chi connectivity index (χ0) is 15.2. The van der Waals surface area contributed by atoms with E-state index >= 15 is 0 Å². The number of ketones is 1. The highest BCUT2D eigenvalue weighted by Crippen LogP contribution is 2.18. The number of amides is 1. The lowest BCUT2D eigenvalue weighted by atomic mass is 10.1. The molecule has 0 aliphatic rings. The van der Waals surface area contributed by atoms with Crippen LogP contribution < -0.4 is 10.1 Å². The quantitative estimate of drug-likeness (QED) is 0.839. The van der Waals surface area contributed by atoms with Crippen LogP contribution in [0.5, 0.6) is 5.75 Å². The summed E-state index contributed by atoms with van der Waals surface area (Å²) in [6.07, 6.45) is 0. The van der Waals surface area contributed by atoms with E-state index < -0.39 is 0 Å². The summed E-state index contributed by atoms with van der Waals surface area (Å²) in [7, 11) is 0. The smallest absolute Gasteiger partial charge is 0.262 e. The van der Waals surface area contributed by atoms with Gasteiger partial charge in [0.1, 0.15) is 5.75 Å². The second-order valence-electron chi connectivity index (χ2n) is 4.40. The minimum atomic E-state index is -0.316. The van der Waals surface area contributed by atoms with Crippen molar-refractivity contribution < 1.29 is 14.3 Å². The van der Waals surface area contributed by atoms with E-state index in [2.05, 4.69) is 21.2 Å². The highest BCUT2D eigenvalue weighted by atomic mass is 79.9. The van der Waals surface area contributed by atoms with Gasteiger partial charge in [-0.15, -0.1) is 0 Å². The molecule has 5 heteroatoms. The third-order valence-electron chi connectivity index (χ3n) is 2.75. The van der Waals surface area contributed by atoms with Gasteiger partial charge in [-0.05, 0) is 37.3 Å². The molecule has 0 radical (unpaired) electrons. The fraction of sp³-hybridized carbons (Fsp3) is 0.125. The second kappa shape index (κ2) is 7.04. The Bertz CT molecular complexity index is 670. The van der Waals surface area contributed by atoms with Crippen LogP contribution in [0.1, 0.15) is 17.3 Å². The van der Waals surface area contributed by atoms with E-state index in [9.17, 15) is 9.59 Å². The number of rotatable bonds is 5. The third kappa shape index (κ3) is 4.43. The Morgan fingerprint density at radius 3 is 2.62 bits per heavy atom. The number of anilines is 1. The van der Waals surface area contributed by atoms with Gasteiger partial charge in [0, 0.05) is 10.0 Å². The maximum atomic E-state index is 11.9. The van der Waals surface area contributed by atoms with Crippen LogP contribution in [-0.2, 0) is 4.79 Å². The molecule has 0 spiro atoms. The van der Waals surface area contributed by atoms with Crippen molar-refractivity contribution in [2.45, 2.75) is 6.92 Å². The highest BCUT2D eigenvalue weighted by molar-refractivity contribution is 9.10. The predicted octanol–water partition coefficient (Wildman–Crippen LogP) is 3.67. The van der Waals surface area contributed by atoms with Gasteiger partial charge < -0.3 is 10.1 Å². The number of ether oxygens (including phenoxy) is 1. The zero-order valence-electron chi connectivity index (χ0n) is 11.4. The fourth-order valence-corrected chi connectivity index (χ4v) is 2.17. The first-order chi connectivity index (χ1) is 10.1. The normalized spacial score (nSPS) is 10.0. The Kier molecular flexibility index (Phi) is 5.11. The topological polar surface area (TPSA) is 55.4 Å². The zero-order valence-corrected chi connectivity index (χ0v) is 13.0. The fourth-order valence-electron chi connectivity index (χ4n) is 1.79. The summed E-state index contributed by atoms with van der Waals surface area (Å²) in [6.45, 7) is 1.34. The number of Topliss-reactive ketones (excluding diaryl/α,β-unsaturated/α-hetero) is 1. The van der Waals surface area contributed by atoms with Crippen molar-refractivity contribution in [3.63, 3.8) is 0 Å². The van der Waals surface area contributed by atoms with Crippen LogP contribution in [0.2, 0.25) is 0 Å². The Labute approximate surface area is 131 Å². The lowest BCUT2D eigenvalue weighted by Gasteiger charge is -2.10. The standard InChI is InChI=1S/C16H14BrNO3/c1-11(19)14-7-2-3-8-15(14)18-16(20)10-21-13-6-4-5-12(17)9-13/h2-9H,10H2,1H3,(H,18,20). The van der Waals surface area contributed by atoms with Crippen molar-refractivity contribution in [2.24, 2.45) is 0 Å². The summed E-state index contributed by atoms with van der Waals surface area (Å²) in [5.41, 5.74) is 0.973. The van der Waals surface area contributed by atoms with Crippen LogP contribution in [0.15, 0.2) is 53.0 Å². The first-order valence-electron chi connectivity index (χ1n) is 6.34. The van der Waals surface area contributed by atoms with Gasteiger partial charge in [-0.1, -0.05) is 34.1 Å². The Balaban J connectivity index is 1.98. The molecule has 0 saturated heterocycles. The molecule has 108 valence electrons. The minimum Gasteiger partial charge on any atom is -0.484 e. The van der Waals surface area contributed by atoms with Crippen LogP contribution in [0.4, 0.5) is 5.69 Å². The number of hydrogen-bond acceptors (Lipinski definition) is 3. The minimum absolute atomic E-state index is 0.0983. The van der Waals surface area contributed by atoms with E-state index in [4.69, 9.17) is 4.74 Å². The molecule has 21 heavy (non-hydrogen) atoms. The van der Waals surface area contributed by atoms with Crippen molar-refractivity contribution in [2.75, 3.05) is 11.9 Å². The monoisotopic (exact) mass is 347 g/mol. The average molecular weight is 348 g/mol. The van der Waals surface area contributed by atoms with Crippen molar-refractivity contribution in [3.8, 4) is 5.75 Å². The number of carbonyl (C=O) groups is 2. The number of carbonyl (C=O) groups excluding carboxylic acids is 2. The van der Waals surface area contributed by atoms with Crippen LogP contribution in [0.25, 0.3) is 0 Å². The van der Waals surface area contributed by atoms with Crippen LogP contribution in [0.3, 0.4) is 0 Å². The van der Waals surface area contributed by atoms with Gasteiger partial charge in [-0.3, -0.25) is 9.59 Å². The molecule has 0 fully saturated rings. The van der Waals surface area contributed by atoms with Crippen molar-refractivity contribution in [1.82, 2.24) is 0 Å². The summed E-state index contributed by atoms with van der Waals surface area (Å²) in [6, 6.07) is 14.1. The molecule has 0 aromatic heterocycles. The number of nitrogens with one attached hydrogen (secondary N) is 1. The predicted molar refractivity (Wildman–Crippen MR) is 84.7 cm³/mol. The van der Waals surface area contributed by atoms with Gasteiger partial charge >= 0.3 is 0 Å². The van der Waals surface area contributed by atoms with E-state index in [0.29, 0.717) is 17.0 Å². The lowest BCUT2D eigenvalue weighted by molar-refractivity contribution is -0.118. The van der Waals surface area contributed by atoms with Gasteiger partial charge in [0.2, 0.25) is 0 Å². The Morgan fingerprint density at radius 1 is 1.14 bits per heavy atom. The summed E-state index contributed by atoms with van der Waals surface area (Å²) >= 11 is 3.33. The number of para-hydroxylation sites is 1. The summed E-state index contributed by atoms with van der Waals surface area (Å²) in [5, 5.41) is 2.68. The molecule has 1 N–H and O–H groups in total. The van der Waals surface area contributed by atoms with Crippen molar-refractivity contribution in [3.05, 3.63) is 58.6 Å². The third-order valence-corrected chi connectivity index (χ3v) is 3.24. The van der Waals surface area contributed by atoms with Crippen LogP contribution >= 0.6 is 15.9 Å². The van der Waals surface area contributed by atoms with Gasteiger partial charge in [-0.2, -0.15) is 0 Å². The van der Waals surface area contributed by atoms with Gasteiger partial charge in [0.15, 0.2) is 12.4 Å². The van der Waals surface area contributed by atoms with Gasteiger partial charge in [0.25, 0.3) is 5.91 Å². The summed E-state index contributed by atoms with van der Waals surface area (Å²) < 4.78 is 6.27. The lowest BCUT2D eigenvalue weighted by Crippen LogP contribution is -2.21. The first-order valence-corrected chi connectivity index (χ1v) is 7.14. The molecule has 2 rings (SSSR count). The molecule has 0 heterocycles. The van der Waals surface area contributed by atoms with E-state index in [0.717, 1.165) is 4.47 Å². The molecular formula is C16H14BrNO3. The molecule has 2 aromatic carbocycles. The largest absolute Gasteiger partial charge is 0.484 e. The maximum Gasteiger partial charge on any atom is 0.262 e. The van der Waals surface area contributed by atoms with Crippen molar-refractivity contribution in [1.29, 1.82) is 0 Å². The average Bonchev–Trinajstić information content (AvgIpc) is 2.45. The van der Waals surface area contributed by atoms with E-state index in [1.165, 1.54) is 6.92 Å². The number of halogens is 1. The molecule has 0 unspecified atom stereocenters. The molecule has 0 aliphatic carbocycles. The molecule has 2 aromatic rings. The molecule has 0 aliphatic heterocycles. The highest BCUT2D eigenvalue weighted by Gasteiger charge is 2.10.